The Morgan fingerprint density at radius 2 is 0.763 bits per heavy atom. The predicted octanol–water partition coefficient (Wildman–Crippen LogP) is 11.4. The Balaban J connectivity index is 1.22. The maximum atomic E-state index is 15.0. The number of carbonyl (C=O) groups is 6. The van der Waals surface area contributed by atoms with Gasteiger partial charge in [-0.2, -0.15) is 0 Å². The van der Waals surface area contributed by atoms with E-state index in [1.807, 2.05) is 189 Å². The largest absolute Gasteiger partial charge is 0.461 e. The molecule has 6 aromatic carbocycles. The number of hydrogen-bond acceptors (Lipinski definition) is 11. The molecule has 396 valence electrons. The van der Waals surface area contributed by atoms with E-state index in [0.717, 1.165) is 33.4 Å². The van der Waals surface area contributed by atoms with Crippen molar-refractivity contribution in [1.29, 1.82) is 0 Å². The van der Waals surface area contributed by atoms with Crippen molar-refractivity contribution in [1.82, 2.24) is 10.6 Å². The normalized spacial score (nSPS) is 13.3. The van der Waals surface area contributed by atoms with E-state index < -0.39 is 64.0 Å². The Morgan fingerprint density at radius 1 is 0.461 bits per heavy atom. The molecular weight excluding hydrogens is 961 g/mol. The van der Waals surface area contributed by atoms with Gasteiger partial charge in [0.05, 0.1) is 11.1 Å². The third-order valence-corrected chi connectivity index (χ3v) is 13.3. The van der Waals surface area contributed by atoms with Gasteiger partial charge in [-0.05, 0) is 69.2 Å². The first-order valence-electron chi connectivity index (χ1n) is 25.6. The SMILES string of the molecule is CC(C)(C)c1cc(C(=O)NC(CCC(=O)OCc2ccccc2)C(=O)OCc2ccccc2)c2c(c1)C(C)(C)c1cc(C(C)(C)C)cc(C(=O)NC(CCC(=O)OCc3ccccc3)C(=O)OCc3ccccc3)c1O2. The summed E-state index contributed by atoms with van der Waals surface area (Å²) in [5.41, 5.74) is 4.25. The van der Waals surface area contributed by atoms with Crippen molar-refractivity contribution >= 4 is 35.7 Å². The van der Waals surface area contributed by atoms with Crippen LogP contribution in [0.3, 0.4) is 0 Å². The number of rotatable bonds is 20. The molecule has 7 rings (SSSR count). The first kappa shape index (κ1) is 55.7. The lowest BCUT2D eigenvalue weighted by molar-refractivity contribution is -0.150. The van der Waals surface area contributed by atoms with Gasteiger partial charge in [0, 0.05) is 29.4 Å². The summed E-state index contributed by atoms with van der Waals surface area (Å²) < 4.78 is 29.5. The van der Waals surface area contributed by atoms with Crippen LogP contribution >= 0.6 is 0 Å². The molecule has 2 amide bonds. The van der Waals surface area contributed by atoms with Crippen LogP contribution < -0.4 is 15.4 Å². The summed E-state index contributed by atoms with van der Waals surface area (Å²) in [6.45, 7) is 16.1. The molecule has 1 aliphatic heterocycles. The van der Waals surface area contributed by atoms with Gasteiger partial charge in [-0.3, -0.25) is 19.2 Å². The average molecular weight is 1030 g/mol. The summed E-state index contributed by atoms with van der Waals surface area (Å²) >= 11 is 0. The molecule has 76 heavy (non-hydrogen) atoms. The molecule has 0 saturated heterocycles. The zero-order valence-corrected chi connectivity index (χ0v) is 44.7. The van der Waals surface area contributed by atoms with Gasteiger partial charge in [0.2, 0.25) is 0 Å². The highest BCUT2D eigenvalue weighted by molar-refractivity contribution is 6.02. The molecule has 13 nitrogen and oxygen atoms in total. The third kappa shape index (κ3) is 14.6. The number of carbonyl (C=O) groups excluding carboxylic acids is 6. The van der Waals surface area contributed by atoms with Crippen LogP contribution in [-0.4, -0.2) is 47.8 Å². The lowest BCUT2D eigenvalue weighted by Crippen LogP contribution is -2.43. The number of amides is 2. The highest BCUT2D eigenvalue weighted by Crippen LogP contribution is 2.52. The van der Waals surface area contributed by atoms with E-state index in [2.05, 4.69) is 10.6 Å². The van der Waals surface area contributed by atoms with Crippen LogP contribution in [0.15, 0.2) is 146 Å². The van der Waals surface area contributed by atoms with E-state index in [1.165, 1.54) is 0 Å². The predicted molar refractivity (Wildman–Crippen MR) is 288 cm³/mol. The van der Waals surface area contributed by atoms with Crippen LogP contribution in [0.5, 0.6) is 11.5 Å². The highest BCUT2D eigenvalue weighted by Gasteiger charge is 2.42. The second-order valence-corrected chi connectivity index (χ2v) is 21.6. The number of nitrogens with one attached hydrogen (secondary N) is 2. The van der Waals surface area contributed by atoms with E-state index in [4.69, 9.17) is 23.7 Å². The molecule has 0 aliphatic carbocycles. The van der Waals surface area contributed by atoms with Gasteiger partial charge in [0.15, 0.2) is 0 Å². The van der Waals surface area contributed by atoms with Gasteiger partial charge < -0.3 is 34.3 Å². The molecule has 6 aromatic rings. The molecule has 2 unspecified atom stereocenters. The molecule has 0 radical (unpaired) electrons. The zero-order chi connectivity index (χ0) is 54.6. The maximum Gasteiger partial charge on any atom is 0.328 e. The Labute approximate surface area is 445 Å². The summed E-state index contributed by atoms with van der Waals surface area (Å²) in [4.78, 5) is 84.3. The molecular formula is C63H68N2O11. The van der Waals surface area contributed by atoms with Crippen molar-refractivity contribution in [3.63, 3.8) is 0 Å². The maximum absolute atomic E-state index is 15.0. The fourth-order valence-corrected chi connectivity index (χ4v) is 8.63. The van der Waals surface area contributed by atoms with Crippen molar-refractivity contribution in [2.75, 3.05) is 0 Å². The Bertz CT molecular complexity index is 2810. The topological polar surface area (TPSA) is 173 Å². The number of fused-ring (bicyclic) bond motifs is 2. The number of esters is 4. The molecule has 0 saturated carbocycles. The van der Waals surface area contributed by atoms with Gasteiger partial charge >= 0.3 is 23.9 Å². The molecule has 0 bridgehead atoms. The third-order valence-electron chi connectivity index (χ3n) is 13.3. The summed E-state index contributed by atoms with van der Waals surface area (Å²) in [7, 11) is 0. The molecule has 1 aliphatic rings. The van der Waals surface area contributed by atoms with Crippen molar-refractivity contribution < 1.29 is 52.5 Å². The van der Waals surface area contributed by atoms with Crippen molar-refractivity contribution in [3.05, 3.63) is 201 Å². The van der Waals surface area contributed by atoms with E-state index in [0.29, 0.717) is 11.1 Å². The summed E-state index contributed by atoms with van der Waals surface area (Å²) in [5, 5.41) is 5.76. The summed E-state index contributed by atoms with van der Waals surface area (Å²) in [5.74, 6) is -3.70. The first-order chi connectivity index (χ1) is 36.2. The minimum absolute atomic E-state index is 0.0373. The van der Waals surface area contributed by atoms with Gasteiger partial charge in [-0.25, -0.2) is 9.59 Å². The van der Waals surface area contributed by atoms with Crippen molar-refractivity contribution in [2.45, 2.75) is 136 Å². The summed E-state index contributed by atoms with van der Waals surface area (Å²) in [6.07, 6.45) is -0.690. The van der Waals surface area contributed by atoms with E-state index >= 15 is 9.59 Å². The van der Waals surface area contributed by atoms with E-state index in [-0.39, 0.29) is 74.7 Å². The molecule has 0 aromatic heterocycles. The fourth-order valence-electron chi connectivity index (χ4n) is 8.63. The van der Waals surface area contributed by atoms with Gasteiger partial charge in [-0.1, -0.05) is 189 Å². The van der Waals surface area contributed by atoms with Crippen LogP contribution in [-0.2, 0) is 80.8 Å². The Hall–Kier alpha value is -8.06. The first-order valence-corrected chi connectivity index (χ1v) is 25.6. The molecule has 2 atom stereocenters. The second-order valence-electron chi connectivity index (χ2n) is 21.6. The fraction of sp³-hybridized carbons (Fsp3) is 0.333. The second kappa shape index (κ2) is 24.5. The minimum Gasteiger partial charge on any atom is -0.461 e. The van der Waals surface area contributed by atoms with Crippen LogP contribution in [0.1, 0.15) is 146 Å². The Morgan fingerprint density at radius 3 is 1.07 bits per heavy atom. The highest BCUT2D eigenvalue weighted by atomic mass is 16.5. The lowest BCUT2D eigenvalue weighted by atomic mass is 9.70. The lowest BCUT2D eigenvalue weighted by Gasteiger charge is -2.39. The quantitative estimate of drug-likeness (QED) is 0.0550. The Kier molecular flexibility index (Phi) is 18.0. The van der Waals surface area contributed by atoms with Crippen LogP contribution in [0.25, 0.3) is 0 Å². The molecule has 0 fully saturated rings. The standard InChI is InChI=1S/C63H68N2O11/c1-61(2,3)45-33-47(57(68)64-51(59(70)74-39-43-25-17-11-18-26-43)29-31-53(66)72-37-41-21-13-9-14-22-41)55-49(35-45)63(7,8)50-36-46(62(4,5)6)34-48(56(50)76-55)58(69)65-52(60(71)75-40-44-27-19-12-20-28-44)30-32-54(67)73-38-42-23-15-10-16-24-42/h9-28,33-36,51-52H,29-32,37-40H2,1-8H3,(H,64,68)(H,65,69). The summed E-state index contributed by atoms with van der Waals surface area (Å²) in [6, 6.07) is 41.5. The number of hydrogen-bond donors (Lipinski definition) is 2. The average Bonchev–Trinajstić information content (AvgIpc) is 3.43. The van der Waals surface area contributed by atoms with E-state index in [1.54, 1.807) is 12.1 Å². The van der Waals surface area contributed by atoms with Crippen molar-refractivity contribution in [3.8, 4) is 11.5 Å². The van der Waals surface area contributed by atoms with E-state index in [9.17, 15) is 19.2 Å². The molecule has 13 heteroatoms. The molecule has 1 heterocycles. The molecule has 0 spiro atoms. The zero-order valence-electron chi connectivity index (χ0n) is 44.7. The smallest absolute Gasteiger partial charge is 0.328 e. The van der Waals surface area contributed by atoms with Crippen LogP contribution in [0.2, 0.25) is 0 Å². The minimum atomic E-state index is -1.29. The number of ether oxygens (including phenoxy) is 5. The molecule has 2 N–H and O–H groups in total. The van der Waals surface area contributed by atoms with Crippen LogP contribution in [0, 0.1) is 0 Å². The van der Waals surface area contributed by atoms with Gasteiger partial charge in [0.1, 0.15) is 50.0 Å². The van der Waals surface area contributed by atoms with Crippen LogP contribution in [0.4, 0.5) is 0 Å². The number of benzene rings is 6. The monoisotopic (exact) mass is 1030 g/mol. The van der Waals surface area contributed by atoms with Gasteiger partial charge in [0.25, 0.3) is 11.8 Å². The van der Waals surface area contributed by atoms with Gasteiger partial charge in [-0.15, -0.1) is 0 Å². The van der Waals surface area contributed by atoms with Crippen molar-refractivity contribution in [2.24, 2.45) is 0 Å².